The topological polar surface area (TPSA) is 26.0 Å². The van der Waals surface area contributed by atoms with Crippen LogP contribution in [-0.2, 0) is 0 Å². The van der Waals surface area contributed by atoms with Crippen molar-refractivity contribution >= 4 is 12.1 Å². The summed E-state index contributed by atoms with van der Waals surface area (Å²) in [4.78, 5) is 0. The van der Waals surface area contributed by atoms with E-state index in [4.69, 9.17) is 5.73 Å². The first-order valence-electron chi connectivity index (χ1n) is 2.36. The number of hydrogen-bond acceptors (Lipinski definition) is 2. The normalized spacial score (nSPS) is 40.3. The molecule has 0 aromatic carbocycles. The molecule has 1 saturated carbocycles. The van der Waals surface area contributed by atoms with Crippen LogP contribution >= 0.6 is 12.1 Å². The quantitative estimate of drug-likeness (QED) is 0.562. The number of hydrogen-bond donors (Lipinski definition) is 1. The van der Waals surface area contributed by atoms with E-state index in [0.717, 1.165) is 12.8 Å². The van der Waals surface area contributed by atoms with Crippen LogP contribution in [0.25, 0.3) is 0 Å². The summed E-state index contributed by atoms with van der Waals surface area (Å²) in [6.07, 6.45) is 1.72. The largest absolute Gasteiger partial charge is 0.328 e. The Morgan fingerprint density at radius 3 is 2.29 bits per heavy atom. The van der Waals surface area contributed by atoms with Crippen molar-refractivity contribution in [1.82, 2.24) is 0 Å². The molecule has 0 aromatic rings. The molecule has 1 aliphatic rings. The standard InChI is InChI=1S/C4H8FNS/c5-7-4-1-3(6)2-4/h3-4H,1-2,6H2. The van der Waals surface area contributed by atoms with E-state index < -0.39 is 0 Å². The van der Waals surface area contributed by atoms with E-state index in [1.54, 1.807) is 0 Å². The van der Waals surface area contributed by atoms with Gasteiger partial charge in [0, 0.05) is 23.4 Å². The highest BCUT2D eigenvalue weighted by Gasteiger charge is 2.26. The summed E-state index contributed by atoms with van der Waals surface area (Å²) < 4.78 is 11.5. The molecule has 1 rings (SSSR count). The molecule has 0 saturated heterocycles. The van der Waals surface area contributed by atoms with E-state index in [1.165, 1.54) is 0 Å². The van der Waals surface area contributed by atoms with Gasteiger partial charge in [0.1, 0.15) is 0 Å². The van der Waals surface area contributed by atoms with Crippen LogP contribution in [0.15, 0.2) is 0 Å². The minimum atomic E-state index is 0.218. The second-order valence-corrected chi connectivity index (χ2v) is 2.79. The summed E-state index contributed by atoms with van der Waals surface area (Å²) in [5, 5.41) is 0.218. The van der Waals surface area contributed by atoms with Crippen molar-refractivity contribution in [3.05, 3.63) is 0 Å². The smallest absolute Gasteiger partial charge is 0.0478 e. The Morgan fingerprint density at radius 1 is 1.57 bits per heavy atom. The van der Waals surface area contributed by atoms with Crippen LogP contribution in [0.5, 0.6) is 0 Å². The Morgan fingerprint density at radius 2 is 2.14 bits per heavy atom. The zero-order chi connectivity index (χ0) is 5.28. The first-order chi connectivity index (χ1) is 3.33. The predicted molar refractivity (Wildman–Crippen MR) is 29.7 cm³/mol. The molecule has 0 amide bonds. The summed E-state index contributed by atoms with van der Waals surface area (Å²) >= 11 is 0.435. The van der Waals surface area contributed by atoms with Crippen molar-refractivity contribution in [3.63, 3.8) is 0 Å². The van der Waals surface area contributed by atoms with E-state index in [1.807, 2.05) is 0 Å². The second kappa shape index (κ2) is 2.01. The molecule has 2 N–H and O–H groups in total. The van der Waals surface area contributed by atoms with Crippen molar-refractivity contribution in [3.8, 4) is 0 Å². The van der Waals surface area contributed by atoms with Gasteiger partial charge in [-0.05, 0) is 12.8 Å². The fourth-order valence-electron chi connectivity index (χ4n) is 0.679. The molecule has 0 unspecified atom stereocenters. The lowest BCUT2D eigenvalue weighted by Gasteiger charge is -2.28. The molecule has 1 nitrogen and oxygen atoms in total. The molecular formula is C4H8FNS. The third-order valence-corrected chi connectivity index (χ3v) is 1.89. The minimum absolute atomic E-state index is 0.218. The highest BCUT2D eigenvalue weighted by atomic mass is 32.2. The third kappa shape index (κ3) is 1.07. The van der Waals surface area contributed by atoms with Crippen LogP contribution in [-0.4, -0.2) is 11.3 Å². The monoisotopic (exact) mass is 121 g/mol. The van der Waals surface area contributed by atoms with Gasteiger partial charge in [-0.1, -0.05) is 0 Å². The zero-order valence-corrected chi connectivity index (χ0v) is 4.75. The van der Waals surface area contributed by atoms with Gasteiger partial charge in [-0.25, -0.2) is 0 Å². The van der Waals surface area contributed by atoms with Gasteiger partial charge in [-0.2, -0.15) is 3.89 Å². The predicted octanol–water partition coefficient (Wildman–Crippen LogP) is 1.09. The van der Waals surface area contributed by atoms with Gasteiger partial charge in [0.15, 0.2) is 0 Å². The molecule has 42 valence electrons. The van der Waals surface area contributed by atoms with Crippen LogP contribution < -0.4 is 5.73 Å². The maximum absolute atomic E-state index is 11.5. The molecule has 1 fully saturated rings. The van der Waals surface area contributed by atoms with Crippen LogP contribution in [0.3, 0.4) is 0 Å². The summed E-state index contributed by atoms with van der Waals surface area (Å²) in [6.45, 7) is 0. The van der Waals surface area contributed by atoms with Gasteiger partial charge in [-0.15, -0.1) is 0 Å². The molecule has 3 heteroatoms. The van der Waals surface area contributed by atoms with Gasteiger partial charge < -0.3 is 5.73 Å². The lowest BCUT2D eigenvalue weighted by Crippen LogP contribution is -2.37. The van der Waals surface area contributed by atoms with Crippen LogP contribution in [0.4, 0.5) is 3.89 Å². The maximum Gasteiger partial charge on any atom is 0.0478 e. The molecule has 1 aliphatic carbocycles. The molecule has 0 atom stereocenters. The van der Waals surface area contributed by atoms with E-state index in [0.29, 0.717) is 12.1 Å². The minimum Gasteiger partial charge on any atom is -0.328 e. The van der Waals surface area contributed by atoms with Crippen LogP contribution in [0, 0.1) is 0 Å². The summed E-state index contributed by atoms with van der Waals surface area (Å²) in [6, 6.07) is 0.285. The van der Waals surface area contributed by atoms with Crippen molar-refractivity contribution in [2.24, 2.45) is 5.73 Å². The van der Waals surface area contributed by atoms with Gasteiger partial charge >= 0.3 is 0 Å². The van der Waals surface area contributed by atoms with Gasteiger partial charge in [-0.3, -0.25) is 0 Å². The molecule has 0 heterocycles. The number of nitrogens with two attached hydrogens (primary N) is 1. The van der Waals surface area contributed by atoms with Gasteiger partial charge in [0.25, 0.3) is 0 Å². The molecular weight excluding hydrogens is 113 g/mol. The Labute approximate surface area is 46.8 Å². The highest BCUT2D eigenvalue weighted by molar-refractivity contribution is 7.95. The first kappa shape index (κ1) is 5.38. The van der Waals surface area contributed by atoms with Crippen LogP contribution in [0.1, 0.15) is 12.8 Å². The van der Waals surface area contributed by atoms with Gasteiger partial charge in [0.2, 0.25) is 0 Å². The summed E-state index contributed by atoms with van der Waals surface area (Å²) in [5.74, 6) is 0. The molecule has 0 radical (unpaired) electrons. The number of rotatable bonds is 1. The zero-order valence-electron chi connectivity index (χ0n) is 3.93. The van der Waals surface area contributed by atoms with E-state index in [2.05, 4.69) is 0 Å². The summed E-state index contributed by atoms with van der Waals surface area (Å²) in [7, 11) is 0. The molecule has 0 aromatic heterocycles. The van der Waals surface area contributed by atoms with Crippen molar-refractivity contribution < 1.29 is 3.89 Å². The molecule has 0 bridgehead atoms. The Bertz CT molecular complexity index is 62.7. The van der Waals surface area contributed by atoms with Crippen molar-refractivity contribution in [1.29, 1.82) is 0 Å². The summed E-state index contributed by atoms with van der Waals surface area (Å²) in [5.41, 5.74) is 5.36. The Kier molecular flexibility index (Phi) is 1.54. The van der Waals surface area contributed by atoms with E-state index >= 15 is 0 Å². The lowest BCUT2D eigenvalue weighted by molar-refractivity contribution is 0.428. The molecule has 0 aliphatic heterocycles. The Balaban J connectivity index is 2.06. The molecule has 7 heavy (non-hydrogen) atoms. The number of halogens is 1. The van der Waals surface area contributed by atoms with Gasteiger partial charge in [0.05, 0.1) is 0 Å². The average molecular weight is 121 g/mol. The lowest BCUT2D eigenvalue weighted by atomic mass is 9.94. The van der Waals surface area contributed by atoms with Crippen molar-refractivity contribution in [2.75, 3.05) is 0 Å². The molecule has 0 spiro atoms. The van der Waals surface area contributed by atoms with Crippen LogP contribution in [0.2, 0.25) is 0 Å². The third-order valence-electron chi connectivity index (χ3n) is 1.26. The maximum atomic E-state index is 11.5. The Hall–Kier alpha value is 0.240. The van der Waals surface area contributed by atoms with E-state index in [9.17, 15) is 3.89 Å². The highest BCUT2D eigenvalue weighted by Crippen LogP contribution is 2.30. The average Bonchev–Trinajstić information content (AvgIpc) is 1.58. The fourth-order valence-corrected chi connectivity index (χ4v) is 1.32. The second-order valence-electron chi connectivity index (χ2n) is 1.94. The van der Waals surface area contributed by atoms with E-state index in [-0.39, 0.29) is 11.3 Å². The van der Waals surface area contributed by atoms with Crippen molar-refractivity contribution in [2.45, 2.75) is 24.1 Å². The SMILES string of the molecule is NC1CC(SF)C1. The fraction of sp³-hybridized carbons (Fsp3) is 1.00. The first-order valence-corrected chi connectivity index (χ1v) is 3.14.